The van der Waals surface area contributed by atoms with Crippen LogP contribution in [-0.2, 0) is 9.53 Å². The third-order valence-electron chi connectivity index (χ3n) is 8.79. The lowest BCUT2D eigenvalue weighted by Crippen LogP contribution is -2.54. The summed E-state index contributed by atoms with van der Waals surface area (Å²) < 4.78 is 6.47. The van der Waals surface area contributed by atoms with Crippen molar-refractivity contribution < 1.29 is 14.5 Å². The predicted molar refractivity (Wildman–Crippen MR) is 144 cm³/mol. The Morgan fingerprint density at radius 3 is 1.94 bits per heavy atom. The van der Waals surface area contributed by atoms with Crippen LogP contribution in [0.4, 0.5) is 0 Å². The van der Waals surface area contributed by atoms with Gasteiger partial charge in [-0.1, -0.05) is 97.8 Å². The Balaban J connectivity index is 1.90. The molecule has 2 bridgehead atoms. The first-order chi connectivity index (χ1) is 17.0. The molecule has 5 heteroatoms. The number of hydrogen-bond donors (Lipinski definition) is 0. The van der Waals surface area contributed by atoms with Gasteiger partial charge in [-0.3, -0.25) is 14.9 Å². The number of fused-ring (bicyclic) bond motifs is 3. The molecule has 2 saturated heterocycles. The van der Waals surface area contributed by atoms with Gasteiger partial charge in [-0.25, -0.2) is 0 Å². The number of nitrogens with zero attached hydrogens (tertiary/aromatic N) is 1. The van der Waals surface area contributed by atoms with Gasteiger partial charge in [-0.15, -0.1) is 0 Å². The van der Waals surface area contributed by atoms with Gasteiger partial charge >= 0.3 is 0 Å². The maximum absolute atomic E-state index is 13.3. The average molecular weight is 494 g/mol. The van der Waals surface area contributed by atoms with Crippen LogP contribution in [0.2, 0.25) is 0 Å². The van der Waals surface area contributed by atoms with Crippen LogP contribution in [0.15, 0.2) is 0 Å². The van der Waals surface area contributed by atoms with Crippen LogP contribution < -0.4 is 0 Å². The highest BCUT2D eigenvalue weighted by molar-refractivity contribution is 5.83. The Hall–Kier alpha value is -0.970. The molecule has 35 heavy (non-hydrogen) atoms. The fraction of sp³-hybridized carbons (Fsp3) is 0.967. The van der Waals surface area contributed by atoms with Gasteiger partial charge in [0.25, 0.3) is 0 Å². The molecule has 0 aromatic heterocycles. The molecular formula is C30H55NO4. The zero-order valence-corrected chi connectivity index (χ0v) is 23.2. The van der Waals surface area contributed by atoms with Gasteiger partial charge in [0.1, 0.15) is 6.10 Å². The van der Waals surface area contributed by atoms with Crippen molar-refractivity contribution in [1.29, 1.82) is 0 Å². The summed E-state index contributed by atoms with van der Waals surface area (Å²) in [5.41, 5.74) is 0. The minimum Gasteiger partial charge on any atom is -0.367 e. The molecule has 6 unspecified atom stereocenters. The number of nitro groups is 1. The Kier molecular flexibility index (Phi) is 15.1. The minimum atomic E-state index is -0.586. The summed E-state index contributed by atoms with van der Waals surface area (Å²) in [6, 6.07) is -0.586. The highest BCUT2D eigenvalue weighted by Gasteiger charge is 2.49. The van der Waals surface area contributed by atoms with Crippen LogP contribution in [0.5, 0.6) is 0 Å². The second kappa shape index (κ2) is 17.5. The lowest BCUT2D eigenvalue weighted by molar-refractivity contribution is -0.524. The van der Waals surface area contributed by atoms with Gasteiger partial charge in [0.05, 0.1) is 6.10 Å². The van der Waals surface area contributed by atoms with Crippen molar-refractivity contribution in [2.75, 3.05) is 0 Å². The lowest BCUT2D eigenvalue weighted by atomic mass is 9.64. The molecule has 0 radical (unpaired) electrons. The Bertz CT molecular complexity index is 595. The van der Waals surface area contributed by atoms with Crippen LogP contribution in [0.3, 0.4) is 0 Å². The van der Waals surface area contributed by atoms with Crippen molar-refractivity contribution in [2.45, 2.75) is 167 Å². The fourth-order valence-electron chi connectivity index (χ4n) is 6.59. The summed E-state index contributed by atoms with van der Waals surface area (Å²) in [4.78, 5) is 24.8. The topological polar surface area (TPSA) is 69.4 Å². The molecule has 5 nitrogen and oxygen atoms in total. The molecule has 2 aliphatic heterocycles. The van der Waals surface area contributed by atoms with Crippen LogP contribution >= 0.6 is 0 Å². The quantitative estimate of drug-likeness (QED) is 0.0910. The zero-order chi connectivity index (χ0) is 25.5. The molecule has 1 aliphatic carbocycles. The van der Waals surface area contributed by atoms with Crippen molar-refractivity contribution in [2.24, 2.45) is 17.8 Å². The number of ketones is 1. The second-order valence-electron chi connectivity index (χ2n) is 11.6. The molecule has 0 spiro atoms. The number of ether oxygens (including phenoxy) is 1. The van der Waals surface area contributed by atoms with Gasteiger partial charge in [0.2, 0.25) is 6.04 Å². The number of hydrogen-bond acceptors (Lipinski definition) is 4. The van der Waals surface area contributed by atoms with E-state index < -0.39 is 6.04 Å². The summed E-state index contributed by atoms with van der Waals surface area (Å²) in [5, 5.41) is 11.6. The molecule has 204 valence electrons. The van der Waals surface area contributed by atoms with Gasteiger partial charge in [0, 0.05) is 24.2 Å². The van der Waals surface area contributed by atoms with Crippen LogP contribution in [0.1, 0.15) is 149 Å². The summed E-state index contributed by atoms with van der Waals surface area (Å²) in [7, 11) is 0. The Labute approximate surface area is 215 Å². The van der Waals surface area contributed by atoms with Crippen molar-refractivity contribution in [1.82, 2.24) is 0 Å². The van der Waals surface area contributed by atoms with E-state index in [9.17, 15) is 14.9 Å². The third kappa shape index (κ3) is 10.5. The van der Waals surface area contributed by atoms with Crippen LogP contribution in [-0.4, -0.2) is 29.0 Å². The SMILES string of the molecule is CCCCCCCC(CCC(=O)C1OC2CC(CCCCCC)C1CC2CCCCCC)[N+](=O)[O-]. The summed E-state index contributed by atoms with van der Waals surface area (Å²) in [5.74, 6) is 1.66. The summed E-state index contributed by atoms with van der Waals surface area (Å²) in [6.07, 6.45) is 21.6. The molecule has 2 heterocycles. The first kappa shape index (κ1) is 30.3. The molecule has 0 N–H and O–H groups in total. The lowest BCUT2D eigenvalue weighted by Gasteiger charge is -2.51. The van der Waals surface area contributed by atoms with Gasteiger partial charge in [0.15, 0.2) is 5.78 Å². The van der Waals surface area contributed by atoms with Crippen LogP contribution in [0.25, 0.3) is 0 Å². The average Bonchev–Trinajstić information content (AvgIpc) is 2.86. The molecule has 1 saturated carbocycles. The molecule has 6 atom stereocenters. The molecule has 0 aromatic rings. The van der Waals surface area contributed by atoms with Gasteiger partial charge in [-0.2, -0.15) is 0 Å². The standard InChI is InChI=1S/C30H55NO4/c1-4-7-10-13-16-19-26(31(33)34)20-21-28(32)30-27-22-25(18-15-12-9-6-3)29(35-30)23-24(27)17-14-11-8-5-2/h24-27,29-30H,4-23H2,1-3H3. The summed E-state index contributed by atoms with van der Waals surface area (Å²) in [6.45, 7) is 6.68. The van der Waals surface area contributed by atoms with Crippen LogP contribution in [0, 0.1) is 27.9 Å². The number of unbranched alkanes of at least 4 members (excludes halogenated alkanes) is 10. The molecular weight excluding hydrogens is 438 g/mol. The van der Waals surface area contributed by atoms with Crippen molar-refractivity contribution in [3.05, 3.63) is 10.1 Å². The molecule has 0 aromatic carbocycles. The Morgan fingerprint density at radius 1 is 0.800 bits per heavy atom. The normalized spacial score (nSPS) is 26.7. The number of rotatable bonds is 21. The highest BCUT2D eigenvalue weighted by Crippen LogP contribution is 2.48. The van der Waals surface area contributed by atoms with Crippen molar-refractivity contribution in [3.8, 4) is 0 Å². The first-order valence-corrected chi connectivity index (χ1v) is 15.3. The molecule has 0 amide bonds. The zero-order valence-electron chi connectivity index (χ0n) is 23.2. The maximum atomic E-state index is 13.3. The van der Waals surface area contributed by atoms with E-state index in [0.29, 0.717) is 37.0 Å². The maximum Gasteiger partial charge on any atom is 0.213 e. The second-order valence-corrected chi connectivity index (χ2v) is 11.6. The minimum absolute atomic E-state index is 0.139. The van der Waals surface area contributed by atoms with E-state index in [4.69, 9.17) is 4.74 Å². The van der Waals surface area contributed by atoms with E-state index in [1.807, 2.05) is 0 Å². The molecule has 3 fully saturated rings. The van der Waals surface area contributed by atoms with Crippen molar-refractivity contribution in [3.63, 3.8) is 0 Å². The molecule has 3 rings (SSSR count). The number of carbonyl (C=O) groups excluding carboxylic acids is 1. The van der Waals surface area contributed by atoms with E-state index in [0.717, 1.165) is 32.1 Å². The predicted octanol–water partition coefficient (Wildman–Crippen LogP) is 8.69. The largest absolute Gasteiger partial charge is 0.367 e. The molecule has 3 aliphatic rings. The van der Waals surface area contributed by atoms with Gasteiger partial charge in [-0.05, 0) is 49.9 Å². The smallest absolute Gasteiger partial charge is 0.213 e. The highest BCUT2D eigenvalue weighted by atomic mass is 16.6. The van der Waals surface area contributed by atoms with E-state index >= 15 is 0 Å². The van der Waals surface area contributed by atoms with E-state index in [1.54, 1.807) is 0 Å². The van der Waals surface area contributed by atoms with Gasteiger partial charge < -0.3 is 4.74 Å². The first-order valence-electron chi connectivity index (χ1n) is 15.3. The van der Waals surface area contributed by atoms with E-state index in [1.165, 1.54) is 77.0 Å². The van der Waals surface area contributed by atoms with E-state index in [2.05, 4.69) is 20.8 Å². The Morgan fingerprint density at radius 2 is 1.37 bits per heavy atom. The van der Waals surface area contributed by atoms with Crippen molar-refractivity contribution >= 4 is 5.78 Å². The number of carbonyl (C=O) groups is 1. The number of Topliss-reactive ketones (excluding diaryl/α,β-unsaturated/α-hetero) is 1. The fourth-order valence-corrected chi connectivity index (χ4v) is 6.59. The third-order valence-corrected chi connectivity index (χ3v) is 8.79. The monoisotopic (exact) mass is 493 g/mol. The summed E-state index contributed by atoms with van der Waals surface area (Å²) >= 11 is 0. The van der Waals surface area contributed by atoms with E-state index in [-0.39, 0.29) is 22.9 Å².